The third kappa shape index (κ3) is 4.00. The van der Waals surface area contributed by atoms with E-state index in [1.165, 1.54) is 11.1 Å². The highest BCUT2D eigenvalue weighted by molar-refractivity contribution is 5.83. The maximum absolute atomic E-state index is 13.0. The van der Waals surface area contributed by atoms with Crippen LogP contribution in [-0.4, -0.2) is 66.0 Å². The average Bonchev–Trinajstić information content (AvgIpc) is 2.73. The lowest BCUT2D eigenvalue weighted by atomic mass is 9.94. The van der Waals surface area contributed by atoms with E-state index in [1.54, 1.807) is 0 Å². The highest BCUT2D eigenvalue weighted by atomic mass is 16.2. The lowest BCUT2D eigenvalue weighted by Gasteiger charge is -2.40. The molecule has 3 heterocycles. The van der Waals surface area contributed by atoms with Crippen molar-refractivity contribution in [3.8, 4) is 0 Å². The van der Waals surface area contributed by atoms with Crippen LogP contribution in [-0.2, 0) is 4.79 Å². The van der Waals surface area contributed by atoms with Crippen LogP contribution in [0.5, 0.6) is 0 Å². The maximum Gasteiger partial charge on any atom is 0.225 e. The van der Waals surface area contributed by atoms with Crippen molar-refractivity contribution in [3.63, 3.8) is 0 Å². The number of piperidine rings is 1. The van der Waals surface area contributed by atoms with Crippen LogP contribution in [0.4, 0.5) is 5.69 Å². The van der Waals surface area contributed by atoms with Gasteiger partial charge in [0.15, 0.2) is 0 Å². The summed E-state index contributed by atoms with van der Waals surface area (Å²) in [5.41, 5.74) is 3.35. The molecule has 5 nitrogen and oxygen atoms in total. The van der Waals surface area contributed by atoms with E-state index in [0.717, 1.165) is 63.3 Å². The lowest BCUT2D eigenvalue weighted by Crippen LogP contribution is -2.53. The molecule has 28 heavy (non-hydrogen) atoms. The van der Waals surface area contributed by atoms with Crippen molar-refractivity contribution in [1.82, 2.24) is 14.8 Å². The summed E-state index contributed by atoms with van der Waals surface area (Å²) >= 11 is 0. The fourth-order valence-electron chi connectivity index (χ4n) is 4.51. The average molecular weight is 381 g/mol. The number of pyridine rings is 1. The minimum absolute atomic E-state index is 0.187. The Labute approximate surface area is 168 Å². The molecule has 5 heteroatoms. The summed E-state index contributed by atoms with van der Waals surface area (Å²) in [6.45, 7) is 12.2. The van der Waals surface area contributed by atoms with Crippen LogP contribution in [0.3, 0.4) is 0 Å². The number of benzene rings is 1. The molecule has 1 amide bonds. The monoisotopic (exact) mass is 380 g/mol. The molecule has 0 saturated carbocycles. The van der Waals surface area contributed by atoms with Crippen molar-refractivity contribution in [2.75, 3.05) is 44.2 Å². The van der Waals surface area contributed by atoms with Gasteiger partial charge in [-0.3, -0.25) is 14.7 Å². The van der Waals surface area contributed by atoms with Crippen LogP contribution in [0.15, 0.2) is 30.3 Å². The Morgan fingerprint density at radius 1 is 1.00 bits per heavy atom. The van der Waals surface area contributed by atoms with Crippen molar-refractivity contribution in [3.05, 3.63) is 36.0 Å². The first kappa shape index (κ1) is 19.2. The van der Waals surface area contributed by atoms with Crippen molar-refractivity contribution >= 4 is 22.5 Å². The molecule has 2 aliphatic rings. The summed E-state index contributed by atoms with van der Waals surface area (Å²) < 4.78 is 0. The highest BCUT2D eigenvalue weighted by Gasteiger charge is 2.30. The van der Waals surface area contributed by atoms with Crippen LogP contribution in [0.2, 0.25) is 0 Å². The number of carbonyl (C=O) groups is 1. The van der Waals surface area contributed by atoms with Crippen LogP contribution in [0, 0.1) is 12.8 Å². The van der Waals surface area contributed by atoms with Crippen LogP contribution in [0.25, 0.3) is 10.9 Å². The smallest absolute Gasteiger partial charge is 0.225 e. The zero-order chi connectivity index (χ0) is 19.7. The minimum Gasteiger partial charge on any atom is -0.371 e. The predicted molar refractivity (Wildman–Crippen MR) is 115 cm³/mol. The summed E-state index contributed by atoms with van der Waals surface area (Å²) in [4.78, 5) is 24.5. The van der Waals surface area contributed by atoms with Crippen molar-refractivity contribution in [2.45, 2.75) is 39.7 Å². The Bertz CT molecular complexity index is 834. The van der Waals surface area contributed by atoms with Crippen LogP contribution in [0.1, 0.15) is 32.4 Å². The number of fused-ring (bicyclic) bond motifs is 1. The van der Waals surface area contributed by atoms with Gasteiger partial charge in [-0.15, -0.1) is 0 Å². The standard InChI is InChI=1S/C23H32N4O/c1-17(2)25-12-14-27(15-13-25)23(28)19-8-10-26(11-9-19)21-6-7-22-20(16-21)5-4-18(3)24-22/h4-7,16-17,19H,8-15H2,1-3H3. The summed E-state index contributed by atoms with van der Waals surface area (Å²) in [7, 11) is 0. The number of carbonyl (C=O) groups excluding carboxylic acids is 1. The second-order valence-corrected chi connectivity index (χ2v) is 8.55. The number of piperazine rings is 1. The molecule has 2 aliphatic heterocycles. The number of aromatic nitrogens is 1. The summed E-state index contributed by atoms with van der Waals surface area (Å²) in [5, 5.41) is 1.18. The Kier molecular flexibility index (Phi) is 5.54. The second kappa shape index (κ2) is 8.08. The highest BCUT2D eigenvalue weighted by Crippen LogP contribution is 2.27. The van der Waals surface area contributed by atoms with Gasteiger partial charge in [0.25, 0.3) is 0 Å². The molecule has 150 valence electrons. The molecule has 0 atom stereocenters. The summed E-state index contributed by atoms with van der Waals surface area (Å²) in [6.07, 6.45) is 1.90. The third-order valence-corrected chi connectivity index (χ3v) is 6.38. The van der Waals surface area contributed by atoms with Crippen LogP contribution < -0.4 is 4.90 Å². The normalized spacial score (nSPS) is 19.6. The lowest BCUT2D eigenvalue weighted by molar-refractivity contribution is -0.138. The molecular weight excluding hydrogens is 348 g/mol. The van der Waals surface area contributed by atoms with Gasteiger partial charge < -0.3 is 9.80 Å². The first-order valence-electron chi connectivity index (χ1n) is 10.7. The van der Waals surface area contributed by atoms with Gasteiger partial charge in [-0.25, -0.2) is 0 Å². The number of rotatable bonds is 3. The zero-order valence-electron chi connectivity index (χ0n) is 17.4. The Hall–Kier alpha value is -2.14. The van der Waals surface area contributed by atoms with Crippen LogP contribution >= 0.6 is 0 Å². The van der Waals surface area contributed by atoms with Gasteiger partial charge in [-0.05, 0) is 57.9 Å². The van der Waals surface area contributed by atoms with Gasteiger partial charge in [0.1, 0.15) is 0 Å². The molecular formula is C23H32N4O. The quantitative estimate of drug-likeness (QED) is 0.819. The molecule has 0 spiro atoms. The van der Waals surface area contributed by atoms with Crippen molar-refractivity contribution in [1.29, 1.82) is 0 Å². The van der Waals surface area contributed by atoms with Gasteiger partial charge in [-0.2, -0.15) is 0 Å². The zero-order valence-corrected chi connectivity index (χ0v) is 17.4. The van der Waals surface area contributed by atoms with Crippen molar-refractivity contribution in [2.24, 2.45) is 5.92 Å². The molecule has 0 bridgehead atoms. The Morgan fingerprint density at radius 2 is 1.71 bits per heavy atom. The summed E-state index contributed by atoms with van der Waals surface area (Å²) in [5.74, 6) is 0.563. The molecule has 2 saturated heterocycles. The molecule has 1 aromatic heterocycles. The van der Waals surface area contributed by atoms with E-state index in [2.05, 4.69) is 63.9 Å². The van der Waals surface area contributed by atoms with E-state index in [0.29, 0.717) is 11.9 Å². The first-order chi connectivity index (χ1) is 13.5. The minimum atomic E-state index is 0.187. The first-order valence-corrected chi connectivity index (χ1v) is 10.7. The topological polar surface area (TPSA) is 39.7 Å². The number of anilines is 1. The molecule has 2 aromatic rings. The number of hydrogen-bond acceptors (Lipinski definition) is 4. The van der Waals surface area contributed by atoms with E-state index >= 15 is 0 Å². The molecule has 0 unspecified atom stereocenters. The molecule has 0 N–H and O–H groups in total. The molecule has 1 aromatic carbocycles. The molecule has 2 fully saturated rings. The van der Waals surface area contributed by atoms with Gasteiger partial charge >= 0.3 is 0 Å². The summed E-state index contributed by atoms with van der Waals surface area (Å²) in [6, 6.07) is 11.3. The Balaban J connectivity index is 1.34. The maximum atomic E-state index is 13.0. The number of aryl methyl sites for hydroxylation is 1. The predicted octanol–water partition coefficient (Wildman–Crippen LogP) is 3.31. The third-order valence-electron chi connectivity index (χ3n) is 6.38. The van der Waals surface area contributed by atoms with Crippen molar-refractivity contribution < 1.29 is 4.79 Å². The van der Waals surface area contributed by atoms with E-state index in [4.69, 9.17) is 0 Å². The fourth-order valence-corrected chi connectivity index (χ4v) is 4.51. The van der Waals surface area contributed by atoms with Gasteiger partial charge in [-0.1, -0.05) is 6.07 Å². The van der Waals surface area contributed by atoms with E-state index in [1.807, 2.05) is 6.92 Å². The fraction of sp³-hybridized carbons (Fsp3) is 0.565. The van der Waals surface area contributed by atoms with Gasteiger partial charge in [0, 0.05) is 68.0 Å². The largest absolute Gasteiger partial charge is 0.371 e. The SMILES string of the molecule is Cc1ccc2cc(N3CCC(C(=O)N4CCN(C(C)C)CC4)CC3)ccc2n1. The Morgan fingerprint density at radius 3 is 2.39 bits per heavy atom. The number of hydrogen-bond donors (Lipinski definition) is 0. The van der Waals surface area contributed by atoms with E-state index in [-0.39, 0.29) is 5.92 Å². The number of amides is 1. The van der Waals surface area contributed by atoms with Gasteiger partial charge in [0.05, 0.1) is 5.52 Å². The number of nitrogens with zero attached hydrogens (tertiary/aromatic N) is 4. The van der Waals surface area contributed by atoms with Gasteiger partial charge in [0.2, 0.25) is 5.91 Å². The molecule has 0 aliphatic carbocycles. The second-order valence-electron chi connectivity index (χ2n) is 8.55. The molecule has 0 radical (unpaired) electrons. The van der Waals surface area contributed by atoms with E-state index in [9.17, 15) is 4.79 Å². The molecule has 4 rings (SSSR count). The van der Waals surface area contributed by atoms with E-state index < -0.39 is 0 Å².